The molecule has 1 aliphatic rings. The van der Waals surface area contributed by atoms with Gasteiger partial charge in [-0.2, -0.15) is 0 Å². The summed E-state index contributed by atoms with van der Waals surface area (Å²) in [6, 6.07) is 11.8. The van der Waals surface area contributed by atoms with E-state index in [0.717, 1.165) is 19.3 Å². The first-order valence-electron chi connectivity index (χ1n) is 7.80. The van der Waals surface area contributed by atoms with Crippen molar-refractivity contribution in [2.24, 2.45) is 0 Å². The Hall–Kier alpha value is -2.69. The molecule has 0 atom stereocenters. The first-order chi connectivity index (χ1) is 11.2. The van der Waals surface area contributed by atoms with E-state index in [0.29, 0.717) is 17.7 Å². The van der Waals surface area contributed by atoms with Crippen LogP contribution in [0.1, 0.15) is 39.1 Å². The molecule has 5 heteroatoms. The second-order valence-corrected chi connectivity index (χ2v) is 5.70. The lowest BCUT2D eigenvalue weighted by Gasteiger charge is -2.07. The van der Waals surface area contributed by atoms with Crippen molar-refractivity contribution in [1.82, 2.24) is 15.6 Å². The normalized spacial score (nSPS) is 13.4. The molecule has 1 saturated carbocycles. The van der Waals surface area contributed by atoms with Gasteiger partial charge in [-0.05, 0) is 30.9 Å². The molecule has 0 saturated heterocycles. The summed E-state index contributed by atoms with van der Waals surface area (Å²) in [5, 5.41) is 5.75. The van der Waals surface area contributed by atoms with Gasteiger partial charge in [-0.25, -0.2) is 0 Å². The van der Waals surface area contributed by atoms with Gasteiger partial charge in [-0.15, -0.1) is 0 Å². The van der Waals surface area contributed by atoms with Crippen LogP contribution < -0.4 is 10.6 Å². The fourth-order valence-electron chi connectivity index (χ4n) is 2.25. The number of rotatable bonds is 6. The lowest BCUT2D eigenvalue weighted by molar-refractivity contribution is 0.0950. The van der Waals surface area contributed by atoms with Crippen LogP contribution >= 0.6 is 0 Å². The van der Waals surface area contributed by atoms with Crippen LogP contribution in [0.5, 0.6) is 0 Å². The van der Waals surface area contributed by atoms with Gasteiger partial charge in [0.05, 0.1) is 11.1 Å². The van der Waals surface area contributed by atoms with Crippen molar-refractivity contribution in [2.75, 3.05) is 6.54 Å². The predicted octanol–water partition coefficient (Wildman–Crippen LogP) is 1.95. The van der Waals surface area contributed by atoms with Gasteiger partial charge in [0.25, 0.3) is 11.8 Å². The number of hydrogen-bond acceptors (Lipinski definition) is 3. The lowest BCUT2D eigenvalue weighted by Crippen LogP contribution is -2.28. The van der Waals surface area contributed by atoms with E-state index in [4.69, 9.17) is 0 Å². The van der Waals surface area contributed by atoms with Crippen LogP contribution in [0.15, 0.2) is 48.8 Å². The van der Waals surface area contributed by atoms with Crippen molar-refractivity contribution >= 4 is 11.8 Å². The first-order valence-corrected chi connectivity index (χ1v) is 7.80. The third kappa shape index (κ3) is 4.39. The molecule has 5 nitrogen and oxygen atoms in total. The largest absolute Gasteiger partial charge is 0.352 e. The molecule has 1 aromatic heterocycles. The monoisotopic (exact) mass is 309 g/mol. The number of pyridine rings is 1. The van der Waals surface area contributed by atoms with E-state index in [2.05, 4.69) is 15.6 Å². The summed E-state index contributed by atoms with van der Waals surface area (Å²) in [6.45, 7) is 0.543. The minimum atomic E-state index is -0.213. The molecule has 23 heavy (non-hydrogen) atoms. The molecule has 1 aliphatic carbocycles. The van der Waals surface area contributed by atoms with Gasteiger partial charge in [0.1, 0.15) is 0 Å². The third-order valence-corrected chi connectivity index (χ3v) is 3.72. The van der Waals surface area contributed by atoms with Crippen LogP contribution in [0, 0.1) is 0 Å². The van der Waals surface area contributed by atoms with E-state index in [1.54, 1.807) is 6.07 Å². The maximum Gasteiger partial charge on any atom is 0.253 e. The predicted molar refractivity (Wildman–Crippen MR) is 87.2 cm³/mol. The van der Waals surface area contributed by atoms with Crippen molar-refractivity contribution in [1.29, 1.82) is 0 Å². The summed E-state index contributed by atoms with van der Waals surface area (Å²) in [6.07, 6.45) is 5.78. The lowest BCUT2D eigenvalue weighted by atomic mass is 10.1. The standard InChI is InChI=1S/C18H19N3O2/c22-17(20-9-8-13-4-2-1-3-5-13)14-10-15(12-19-11-14)18(23)21-16-6-7-16/h1-5,10-12,16H,6-9H2,(H,20,22)(H,21,23). The Labute approximate surface area is 135 Å². The van der Waals surface area contributed by atoms with Gasteiger partial charge in [0.15, 0.2) is 0 Å². The zero-order valence-electron chi connectivity index (χ0n) is 12.8. The van der Waals surface area contributed by atoms with Crippen LogP contribution in [0.2, 0.25) is 0 Å². The van der Waals surface area contributed by atoms with Gasteiger partial charge in [-0.3, -0.25) is 14.6 Å². The Morgan fingerprint density at radius 2 is 1.74 bits per heavy atom. The maximum absolute atomic E-state index is 12.2. The average Bonchev–Trinajstić information content (AvgIpc) is 3.40. The van der Waals surface area contributed by atoms with Crippen LogP contribution in [-0.4, -0.2) is 29.4 Å². The first kappa shape index (κ1) is 15.2. The van der Waals surface area contributed by atoms with Crippen LogP contribution in [-0.2, 0) is 6.42 Å². The molecule has 0 radical (unpaired) electrons. The second-order valence-electron chi connectivity index (χ2n) is 5.70. The van der Waals surface area contributed by atoms with Crippen molar-refractivity contribution in [3.05, 3.63) is 65.5 Å². The summed E-state index contributed by atoms with van der Waals surface area (Å²) >= 11 is 0. The third-order valence-electron chi connectivity index (χ3n) is 3.72. The van der Waals surface area contributed by atoms with Crippen molar-refractivity contribution < 1.29 is 9.59 Å². The van der Waals surface area contributed by atoms with E-state index in [9.17, 15) is 9.59 Å². The number of aromatic nitrogens is 1. The van der Waals surface area contributed by atoms with Crippen LogP contribution in [0.25, 0.3) is 0 Å². The molecule has 0 bridgehead atoms. The molecule has 1 aromatic carbocycles. The molecule has 2 amide bonds. The van der Waals surface area contributed by atoms with E-state index in [-0.39, 0.29) is 17.9 Å². The zero-order valence-corrected chi connectivity index (χ0v) is 12.8. The smallest absolute Gasteiger partial charge is 0.253 e. The van der Waals surface area contributed by atoms with Crippen LogP contribution in [0.4, 0.5) is 0 Å². The van der Waals surface area contributed by atoms with E-state index in [1.807, 2.05) is 30.3 Å². The highest BCUT2D eigenvalue weighted by atomic mass is 16.2. The summed E-state index contributed by atoms with van der Waals surface area (Å²) in [5.41, 5.74) is 2.00. The minimum Gasteiger partial charge on any atom is -0.352 e. The summed E-state index contributed by atoms with van der Waals surface area (Å²) in [4.78, 5) is 28.1. The topological polar surface area (TPSA) is 71.1 Å². The van der Waals surface area contributed by atoms with E-state index < -0.39 is 0 Å². The van der Waals surface area contributed by atoms with E-state index in [1.165, 1.54) is 18.0 Å². The number of nitrogens with zero attached hydrogens (tertiary/aromatic N) is 1. The van der Waals surface area contributed by atoms with Gasteiger partial charge in [0.2, 0.25) is 0 Å². The van der Waals surface area contributed by atoms with Crippen LogP contribution in [0.3, 0.4) is 0 Å². The molecule has 2 aromatic rings. The number of amides is 2. The molecule has 0 spiro atoms. The van der Waals surface area contributed by atoms with E-state index >= 15 is 0 Å². The number of nitrogens with one attached hydrogen (secondary N) is 2. The molecular formula is C18H19N3O2. The quantitative estimate of drug-likeness (QED) is 0.857. The SMILES string of the molecule is O=C(NCCc1ccccc1)c1cncc(C(=O)NC2CC2)c1. The van der Waals surface area contributed by atoms with Crippen molar-refractivity contribution in [2.45, 2.75) is 25.3 Å². The zero-order chi connectivity index (χ0) is 16.1. The van der Waals surface area contributed by atoms with Gasteiger partial charge >= 0.3 is 0 Å². The fourth-order valence-corrected chi connectivity index (χ4v) is 2.25. The molecule has 1 heterocycles. The Kier molecular flexibility index (Phi) is 4.66. The van der Waals surface area contributed by atoms with Crippen molar-refractivity contribution in [3.8, 4) is 0 Å². The second kappa shape index (κ2) is 7.05. The summed E-state index contributed by atoms with van der Waals surface area (Å²) in [7, 11) is 0. The molecule has 0 unspecified atom stereocenters. The molecule has 1 fully saturated rings. The maximum atomic E-state index is 12.2. The minimum absolute atomic E-state index is 0.168. The number of hydrogen-bond donors (Lipinski definition) is 2. The fraction of sp³-hybridized carbons (Fsp3) is 0.278. The Bertz CT molecular complexity index is 696. The Balaban J connectivity index is 1.55. The highest BCUT2D eigenvalue weighted by Gasteiger charge is 2.24. The molecule has 0 aliphatic heterocycles. The molecule has 2 N–H and O–H groups in total. The summed E-state index contributed by atoms with van der Waals surface area (Å²) < 4.78 is 0. The van der Waals surface area contributed by atoms with Gasteiger partial charge in [-0.1, -0.05) is 30.3 Å². The van der Waals surface area contributed by atoms with Gasteiger partial charge in [0, 0.05) is 25.0 Å². The Morgan fingerprint density at radius 3 is 2.43 bits per heavy atom. The average molecular weight is 309 g/mol. The number of carbonyl (C=O) groups is 2. The molecular weight excluding hydrogens is 290 g/mol. The Morgan fingerprint density at radius 1 is 1.04 bits per heavy atom. The van der Waals surface area contributed by atoms with Crippen molar-refractivity contribution in [3.63, 3.8) is 0 Å². The van der Waals surface area contributed by atoms with Gasteiger partial charge < -0.3 is 10.6 Å². The highest BCUT2D eigenvalue weighted by molar-refractivity contribution is 5.99. The molecule has 3 rings (SSSR count). The molecule has 118 valence electrons. The highest BCUT2D eigenvalue weighted by Crippen LogP contribution is 2.19. The summed E-state index contributed by atoms with van der Waals surface area (Å²) in [5.74, 6) is -0.381. The number of benzene rings is 1. The number of carbonyl (C=O) groups excluding carboxylic acids is 2.